The van der Waals surface area contributed by atoms with E-state index in [9.17, 15) is 14.9 Å². The summed E-state index contributed by atoms with van der Waals surface area (Å²) in [6.45, 7) is 0.431. The molecule has 2 aromatic carbocycles. The minimum atomic E-state index is -0.999. The molecule has 0 saturated heterocycles. The number of amides is 1. The summed E-state index contributed by atoms with van der Waals surface area (Å²) >= 11 is 0. The Balaban J connectivity index is 1.47. The van der Waals surface area contributed by atoms with E-state index >= 15 is 0 Å². The number of hydrogen-bond donors (Lipinski definition) is 1. The van der Waals surface area contributed by atoms with Crippen LogP contribution in [-0.2, 0) is 32.2 Å². The number of rotatable bonds is 11. The van der Waals surface area contributed by atoms with Gasteiger partial charge >= 0.3 is 6.16 Å². The maximum Gasteiger partial charge on any atom is 0.509 e. The van der Waals surface area contributed by atoms with Crippen LogP contribution in [-0.4, -0.2) is 30.8 Å². The van der Waals surface area contributed by atoms with E-state index in [1.54, 1.807) is 0 Å². The lowest BCUT2D eigenvalue weighted by Gasteiger charge is -2.19. The Bertz CT molecular complexity index is 878. The molecule has 1 fully saturated rings. The molecule has 3 rings (SSSR count). The fourth-order valence-corrected chi connectivity index (χ4v) is 2.98. The number of nitrogens with one attached hydrogen (secondary N) is 1. The van der Waals surface area contributed by atoms with Crippen molar-refractivity contribution in [3.63, 3.8) is 0 Å². The Hall–Kier alpha value is -3.37. The molecule has 0 heterocycles. The van der Waals surface area contributed by atoms with Gasteiger partial charge in [0.2, 0.25) is 0 Å². The molecular formula is C24H26N2O5. The van der Waals surface area contributed by atoms with Crippen molar-refractivity contribution < 1.29 is 23.8 Å². The zero-order chi connectivity index (χ0) is 21.9. The first kappa shape index (κ1) is 22.3. The molecule has 1 aliphatic rings. The van der Waals surface area contributed by atoms with Gasteiger partial charge in [-0.25, -0.2) is 4.79 Å². The van der Waals surface area contributed by atoms with E-state index in [0.717, 1.165) is 24.0 Å². The highest BCUT2D eigenvalue weighted by molar-refractivity contribution is 5.83. The SMILES string of the molecule is N#CC(COCc1ccccc1)NC(=O)C(CC1CC1)OC(=O)OCc1ccccc1. The van der Waals surface area contributed by atoms with Gasteiger partial charge in [-0.3, -0.25) is 4.79 Å². The second-order valence-corrected chi connectivity index (χ2v) is 7.50. The molecule has 0 bridgehead atoms. The maximum atomic E-state index is 12.7. The van der Waals surface area contributed by atoms with E-state index in [1.165, 1.54) is 0 Å². The third-order valence-corrected chi connectivity index (χ3v) is 4.84. The van der Waals surface area contributed by atoms with E-state index in [1.807, 2.05) is 66.7 Å². The zero-order valence-electron chi connectivity index (χ0n) is 17.2. The third-order valence-electron chi connectivity index (χ3n) is 4.84. The largest absolute Gasteiger partial charge is 0.509 e. The summed E-state index contributed by atoms with van der Waals surface area (Å²) in [5.41, 5.74) is 1.80. The van der Waals surface area contributed by atoms with Crippen molar-refractivity contribution >= 4 is 12.1 Å². The monoisotopic (exact) mass is 422 g/mol. The summed E-state index contributed by atoms with van der Waals surface area (Å²) in [5.74, 6) is -0.175. The Kier molecular flexibility index (Phi) is 8.44. The number of nitrogens with zero attached hydrogens (tertiary/aromatic N) is 1. The van der Waals surface area contributed by atoms with Gasteiger partial charge in [-0.1, -0.05) is 73.5 Å². The van der Waals surface area contributed by atoms with Crippen LogP contribution in [0.15, 0.2) is 60.7 Å². The standard InChI is InChI=1S/C24H26N2O5/c25-14-21(17-29-15-19-7-3-1-4-8-19)26-23(27)22(13-18-11-12-18)31-24(28)30-16-20-9-5-2-6-10-20/h1-10,18,21-22H,11-13,15-17H2,(H,26,27). The van der Waals surface area contributed by atoms with E-state index in [0.29, 0.717) is 18.9 Å². The first-order chi connectivity index (χ1) is 15.1. The van der Waals surface area contributed by atoms with E-state index < -0.39 is 24.2 Å². The van der Waals surface area contributed by atoms with E-state index in [2.05, 4.69) is 5.32 Å². The Morgan fingerprint density at radius 2 is 1.61 bits per heavy atom. The molecule has 0 radical (unpaired) electrons. The van der Waals surface area contributed by atoms with Crippen LogP contribution in [0.25, 0.3) is 0 Å². The molecule has 2 aromatic rings. The molecule has 31 heavy (non-hydrogen) atoms. The molecule has 1 amide bonds. The second kappa shape index (κ2) is 11.7. The summed E-state index contributed by atoms with van der Waals surface area (Å²) in [6, 6.07) is 19.9. The number of ether oxygens (including phenoxy) is 3. The third kappa shape index (κ3) is 8.11. The fourth-order valence-electron chi connectivity index (χ4n) is 2.98. The highest BCUT2D eigenvalue weighted by atomic mass is 16.7. The van der Waals surface area contributed by atoms with Gasteiger partial charge < -0.3 is 19.5 Å². The lowest BCUT2D eigenvalue weighted by Crippen LogP contribution is -2.44. The molecule has 0 aromatic heterocycles. The minimum Gasteiger partial charge on any atom is -0.429 e. The van der Waals surface area contributed by atoms with Gasteiger partial charge in [-0.2, -0.15) is 5.26 Å². The molecule has 1 saturated carbocycles. The van der Waals surface area contributed by atoms with Crippen LogP contribution in [0, 0.1) is 17.2 Å². The summed E-state index contributed by atoms with van der Waals surface area (Å²) in [5, 5.41) is 12.0. The van der Waals surface area contributed by atoms with Crippen LogP contribution in [0.4, 0.5) is 4.79 Å². The number of carbonyl (C=O) groups is 2. The Labute approximate surface area is 181 Å². The van der Waals surface area contributed by atoms with Gasteiger partial charge in [0.05, 0.1) is 19.3 Å². The van der Waals surface area contributed by atoms with Gasteiger partial charge in [0.15, 0.2) is 6.10 Å². The smallest absolute Gasteiger partial charge is 0.429 e. The molecule has 162 valence electrons. The predicted molar refractivity (Wildman–Crippen MR) is 112 cm³/mol. The molecule has 2 unspecified atom stereocenters. The molecular weight excluding hydrogens is 396 g/mol. The number of benzene rings is 2. The van der Waals surface area contributed by atoms with Gasteiger partial charge in [-0.15, -0.1) is 0 Å². The average molecular weight is 422 g/mol. The first-order valence-corrected chi connectivity index (χ1v) is 10.3. The van der Waals surface area contributed by atoms with Crippen LogP contribution >= 0.6 is 0 Å². The van der Waals surface area contributed by atoms with Crippen molar-refractivity contribution in [3.05, 3.63) is 71.8 Å². The summed E-state index contributed by atoms with van der Waals surface area (Å²) in [4.78, 5) is 24.8. The van der Waals surface area contributed by atoms with Crippen molar-refractivity contribution in [2.24, 2.45) is 5.92 Å². The molecule has 0 spiro atoms. The van der Waals surface area contributed by atoms with Crippen molar-refractivity contribution in [3.8, 4) is 6.07 Å². The van der Waals surface area contributed by atoms with Gasteiger partial charge in [0.25, 0.3) is 5.91 Å². The first-order valence-electron chi connectivity index (χ1n) is 10.3. The lowest BCUT2D eigenvalue weighted by atomic mass is 10.1. The van der Waals surface area contributed by atoms with Crippen molar-refractivity contribution in [2.75, 3.05) is 6.61 Å². The highest BCUT2D eigenvalue weighted by Crippen LogP contribution is 2.34. The quantitative estimate of drug-likeness (QED) is 0.554. The van der Waals surface area contributed by atoms with E-state index in [-0.39, 0.29) is 13.2 Å². The van der Waals surface area contributed by atoms with E-state index in [4.69, 9.17) is 14.2 Å². The molecule has 7 heteroatoms. The summed E-state index contributed by atoms with van der Waals surface area (Å²) < 4.78 is 16.0. The van der Waals surface area contributed by atoms with Crippen molar-refractivity contribution in [2.45, 2.75) is 44.6 Å². The average Bonchev–Trinajstić information content (AvgIpc) is 3.62. The highest BCUT2D eigenvalue weighted by Gasteiger charge is 2.33. The lowest BCUT2D eigenvalue weighted by molar-refractivity contribution is -0.132. The van der Waals surface area contributed by atoms with Gasteiger partial charge in [0.1, 0.15) is 12.6 Å². The maximum absolute atomic E-state index is 12.7. The molecule has 1 aliphatic carbocycles. The fraction of sp³-hybridized carbons (Fsp3) is 0.375. The topological polar surface area (TPSA) is 97.6 Å². The molecule has 1 N–H and O–H groups in total. The number of nitriles is 1. The van der Waals surface area contributed by atoms with Crippen molar-refractivity contribution in [1.82, 2.24) is 5.32 Å². The van der Waals surface area contributed by atoms with Gasteiger partial charge in [0, 0.05) is 0 Å². The number of hydrogen-bond acceptors (Lipinski definition) is 6. The Morgan fingerprint density at radius 3 is 2.19 bits per heavy atom. The number of carbonyl (C=O) groups excluding carboxylic acids is 2. The van der Waals surface area contributed by atoms with Crippen LogP contribution in [0.1, 0.15) is 30.4 Å². The summed E-state index contributed by atoms with van der Waals surface area (Å²) in [7, 11) is 0. The second-order valence-electron chi connectivity index (χ2n) is 7.50. The molecule has 2 atom stereocenters. The molecule has 0 aliphatic heterocycles. The van der Waals surface area contributed by atoms with Crippen LogP contribution in [0.3, 0.4) is 0 Å². The normalized spacial score (nSPS) is 14.7. The van der Waals surface area contributed by atoms with Crippen LogP contribution in [0.2, 0.25) is 0 Å². The van der Waals surface area contributed by atoms with Crippen molar-refractivity contribution in [1.29, 1.82) is 5.26 Å². The Morgan fingerprint density at radius 1 is 1.00 bits per heavy atom. The zero-order valence-corrected chi connectivity index (χ0v) is 17.2. The van der Waals surface area contributed by atoms with Gasteiger partial charge in [-0.05, 0) is 23.5 Å². The molecule has 7 nitrogen and oxygen atoms in total. The minimum absolute atomic E-state index is 0.0335. The predicted octanol–water partition coefficient (Wildman–Crippen LogP) is 3.73. The summed E-state index contributed by atoms with van der Waals surface area (Å²) in [6.07, 6.45) is 0.497. The van der Waals surface area contributed by atoms with Crippen LogP contribution < -0.4 is 5.32 Å². The van der Waals surface area contributed by atoms with Crippen LogP contribution in [0.5, 0.6) is 0 Å².